The summed E-state index contributed by atoms with van der Waals surface area (Å²) in [7, 11) is 0. The molecule has 0 aromatic heterocycles. The predicted molar refractivity (Wildman–Crippen MR) is 87.3 cm³/mol. The molecular weight excluding hydrogens is 280 g/mol. The number of rotatable bonds is 6. The molecule has 0 N–H and O–H groups in total. The molecule has 0 aliphatic carbocycles. The molecule has 1 fully saturated rings. The van der Waals surface area contributed by atoms with Crippen molar-refractivity contribution in [2.24, 2.45) is 11.8 Å². The molecule has 1 heterocycles. The Kier molecular flexibility index (Phi) is 5.77. The van der Waals surface area contributed by atoms with Gasteiger partial charge in [0.25, 0.3) is 0 Å². The minimum Gasteiger partial charge on any atom is -0.487 e. The largest absolute Gasteiger partial charge is 0.487 e. The molecule has 1 aromatic carbocycles. The Labute approximate surface area is 132 Å². The highest BCUT2D eigenvalue weighted by Crippen LogP contribution is 2.28. The molecule has 22 heavy (non-hydrogen) atoms. The van der Waals surface area contributed by atoms with E-state index in [1.165, 1.54) is 6.42 Å². The fourth-order valence-electron chi connectivity index (χ4n) is 3.34. The maximum absolute atomic E-state index is 11.0. The summed E-state index contributed by atoms with van der Waals surface area (Å²) in [5, 5.41) is 11.0. The zero-order chi connectivity index (χ0) is 16.1. The van der Waals surface area contributed by atoms with Crippen LogP contribution in [0.1, 0.15) is 32.3 Å². The number of hydrogen-bond donors (Lipinski definition) is 0. The van der Waals surface area contributed by atoms with Crippen molar-refractivity contribution in [1.82, 2.24) is 4.90 Å². The SMILES string of the molecule is Cc1ccc(OCCCN2C[C@@H](C)C[C@H](C)C2)c([N+](=O)[O-])c1. The average molecular weight is 306 g/mol. The number of nitro benzene ring substituents is 1. The van der Waals surface area contributed by atoms with Gasteiger partial charge in [-0.1, -0.05) is 19.9 Å². The molecule has 5 nitrogen and oxygen atoms in total. The first kappa shape index (κ1) is 16.7. The van der Waals surface area contributed by atoms with Crippen LogP contribution in [-0.2, 0) is 0 Å². The predicted octanol–water partition coefficient (Wildman–Crippen LogP) is 3.65. The van der Waals surface area contributed by atoms with Crippen LogP contribution in [0.5, 0.6) is 5.75 Å². The molecule has 122 valence electrons. The standard InChI is InChI=1S/C17H26N2O3/c1-13-5-6-17(16(10-13)19(20)21)22-8-4-7-18-11-14(2)9-15(3)12-18/h5-6,10,14-15H,4,7-9,11-12H2,1-3H3/t14-,15-/m0/s1. The molecule has 0 spiro atoms. The number of likely N-dealkylation sites (tertiary alicyclic amines) is 1. The van der Waals surface area contributed by atoms with E-state index in [0.717, 1.165) is 43.5 Å². The lowest BCUT2D eigenvalue weighted by Gasteiger charge is -2.34. The number of piperidine rings is 1. The van der Waals surface area contributed by atoms with Gasteiger partial charge in [-0.2, -0.15) is 0 Å². The van der Waals surface area contributed by atoms with Crippen molar-refractivity contribution in [2.75, 3.05) is 26.2 Å². The minimum absolute atomic E-state index is 0.0558. The van der Waals surface area contributed by atoms with E-state index in [1.807, 2.05) is 13.0 Å². The first-order chi connectivity index (χ1) is 10.5. The molecule has 1 saturated heterocycles. The van der Waals surface area contributed by atoms with Crippen molar-refractivity contribution in [3.05, 3.63) is 33.9 Å². The lowest BCUT2D eigenvalue weighted by molar-refractivity contribution is -0.385. The minimum atomic E-state index is -0.379. The maximum Gasteiger partial charge on any atom is 0.311 e. The highest BCUT2D eigenvalue weighted by atomic mass is 16.6. The van der Waals surface area contributed by atoms with E-state index in [2.05, 4.69) is 18.7 Å². The van der Waals surface area contributed by atoms with E-state index in [1.54, 1.807) is 12.1 Å². The Morgan fingerprint density at radius 1 is 1.32 bits per heavy atom. The molecule has 5 heteroatoms. The van der Waals surface area contributed by atoms with Crippen molar-refractivity contribution < 1.29 is 9.66 Å². The van der Waals surface area contributed by atoms with Crippen LogP contribution in [0.25, 0.3) is 0 Å². The fourth-order valence-corrected chi connectivity index (χ4v) is 3.34. The van der Waals surface area contributed by atoms with Gasteiger partial charge in [0.05, 0.1) is 11.5 Å². The lowest BCUT2D eigenvalue weighted by atomic mass is 9.92. The molecular formula is C17H26N2O3. The lowest BCUT2D eigenvalue weighted by Crippen LogP contribution is -2.39. The molecule has 0 saturated carbocycles. The zero-order valence-electron chi connectivity index (χ0n) is 13.7. The van der Waals surface area contributed by atoms with Gasteiger partial charge in [0.1, 0.15) is 0 Å². The van der Waals surface area contributed by atoms with E-state index < -0.39 is 0 Å². The Morgan fingerprint density at radius 3 is 2.64 bits per heavy atom. The van der Waals surface area contributed by atoms with E-state index >= 15 is 0 Å². The number of aryl methyl sites for hydroxylation is 1. The summed E-state index contributed by atoms with van der Waals surface area (Å²) in [4.78, 5) is 13.1. The molecule has 0 bridgehead atoms. The number of nitro groups is 1. The molecule has 0 radical (unpaired) electrons. The van der Waals surface area contributed by atoms with Gasteiger partial charge in [-0.3, -0.25) is 10.1 Å². The van der Waals surface area contributed by atoms with Gasteiger partial charge >= 0.3 is 5.69 Å². The van der Waals surface area contributed by atoms with Crippen LogP contribution in [0.3, 0.4) is 0 Å². The second-order valence-electron chi connectivity index (χ2n) is 6.64. The van der Waals surface area contributed by atoms with Crippen molar-refractivity contribution in [1.29, 1.82) is 0 Å². The summed E-state index contributed by atoms with van der Waals surface area (Å²) in [6.45, 7) is 10.3. The smallest absolute Gasteiger partial charge is 0.311 e. The molecule has 1 aliphatic rings. The quantitative estimate of drug-likeness (QED) is 0.457. The number of hydrogen-bond acceptors (Lipinski definition) is 4. The number of benzene rings is 1. The molecule has 1 aliphatic heterocycles. The first-order valence-electron chi connectivity index (χ1n) is 8.06. The molecule has 2 atom stereocenters. The van der Waals surface area contributed by atoms with Crippen LogP contribution in [0.15, 0.2) is 18.2 Å². The van der Waals surface area contributed by atoms with Gasteiger partial charge in [0.15, 0.2) is 5.75 Å². The summed E-state index contributed by atoms with van der Waals surface area (Å²) in [6, 6.07) is 5.10. The van der Waals surface area contributed by atoms with E-state index in [4.69, 9.17) is 4.74 Å². The van der Waals surface area contributed by atoms with Crippen LogP contribution in [0, 0.1) is 28.9 Å². The Balaban J connectivity index is 1.80. The van der Waals surface area contributed by atoms with E-state index in [0.29, 0.717) is 12.4 Å². The third-order valence-electron chi connectivity index (χ3n) is 4.13. The Bertz CT molecular complexity index is 509. The number of ether oxygens (including phenoxy) is 1. The van der Waals surface area contributed by atoms with Gasteiger partial charge in [0, 0.05) is 25.7 Å². The van der Waals surface area contributed by atoms with Gasteiger partial charge in [0.2, 0.25) is 0 Å². The van der Waals surface area contributed by atoms with Crippen LogP contribution in [-0.4, -0.2) is 36.1 Å². The van der Waals surface area contributed by atoms with E-state index in [9.17, 15) is 10.1 Å². The average Bonchev–Trinajstić information content (AvgIpc) is 2.43. The summed E-state index contributed by atoms with van der Waals surface area (Å²) in [5.74, 6) is 1.88. The highest BCUT2D eigenvalue weighted by Gasteiger charge is 2.21. The second-order valence-corrected chi connectivity index (χ2v) is 6.64. The molecule has 1 aromatic rings. The Morgan fingerprint density at radius 2 is 2.00 bits per heavy atom. The first-order valence-corrected chi connectivity index (χ1v) is 8.06. The Hall–Kier alpha value is -1.62. The van der Waals surface area contributed by atoms with Crippen LogP contribution in [0.4, 0.5) is 5.69 Å². The van der Waals surface area contributed by atoms with E-state index in [-0.39, 0.29) is 10.6 Å². The topological polar surface area (TPSA) is 55.6 Å². The van der Waals surface area contributed by atoms with Crippen LogP contribution < -0.4 is 4.74 Å². The van der Waals surface area contributed by atoms with Crippen molar-refractivity contribution >= 4 is 5.69 Å². The van der Waals surface area contributed by atoms with Gasteiger partial charge in [-0.15, -0.1) is 0 Å². The second kappa shape index (κ2) is 7.58. The zero-order valence-corrected chi connectivity index (χ0v) is 13.7. The van der Waals surface area contributed by atoms with Gasteiger partial charge in [-0.05, 0) is 43.2 Å². The maximum atomic E-state index is 11.0. The molecule has 0 unspecified atom stereocenters. The monoisotopic (exact) mass is 306 g/mol. The van der Waals surface area contributed by atoms with Gasteiger partial charge < -0.3 is 9.64 Å². The van der Waals surface area contributed by atoms with Gasteiger partial charge in [-0.25, -0.2) is 0 Å². The van der Waals surface area contributed by atoms with Crippen LogP contribution in [0.2, 0.25) is 0 Å². The fraction of sp³-hybridized carbons (Fsp3) is 0.647. The molecule has 2 rings (SSSR count). The van der Waals surface area contributed by atoms with Crippen LogP contribution >= 0.6 is 0 Å². The normalized spacial score (nSPS) is 22.5. The molecule has 0 amide bonds. The summed E-state index contributed by atoms with van der Waals surface area (Å²) < 4.78 is 5.63. The highest BCUT2D eigenvalue weighted by molar-refractivity contribution is 5.48. The van der Waals surface area contributed by atoms with Crippen molar-refractivity contribution in [2.45, 2.75) is 33.6 Å². The van der Waals surface area contributed by atoms with Crippen molar-refractivity contribution in [3.8, 4) is 5.75 Å². The third-order valence-corrected chi connectivity index (χ3v) is 4.13. The third kappa shape index (κ3) is 4.70. The summed E-state index contributed by atoms with van der Waals surface area (Å²) in [5.41, 5.74) is 0.926. The van der Waals surface area contributed by atoms with Crippen molar-refractivity contribution in [3.63, 3.8) is 0 Å². The summed E-state index contributed by atoms with van der Waals surface area (Å²) >= 11 is 0. The number of nitrogens with zero attached hydrogens (tertiary/aromatic N) is 2. The summed E-state index contributed by atoms with van der Waals surface area (Å²) in [6.07, 6.45) is 2.20.